The molecule has 2 saturated carbocycles. The quantitative estimate of drug-likeness (QED) is 0.821. The minimum Gasteiger partial charge on any atom is -0.377 e. The number of hydrogen-bond donors (Lipinski definition) is 2. The van der Waals surface area contributed by atoms with E-state index in [1.54, 1.807) is 0 Å². The molecule has 3 N–H and O–H groups in total. The Morgan fingerprint density at radius 1 is 1.10 bits per heavy atom. The van der Waals surface area contributed by atoms with Gasteiger partial charge in [-0.25, -0.2) is 0 Å². The lowest BCUT2D eigenvalue weighted by molar-refractivity contribution is -0.176. The Bertz CT molecular complexity index is 402. The Morgan fingerprint density at radius 3 is 2.38 bits per heavy atom. The highest BCUT2D eigenvalue weighted by Crippen LogP contribution is 2.58. The summed E-state index contributed by atoms with van der Waals surface area (Å²) in [6.45, 7) is 4.91. The van der Waals surface area contributed by atoms with Crippen molar-refractivity contribution < 1.29 is 9.53 Å². The minimum atomic E-state index is -0.753. The molecule has 0 bridgehead atoms. The van der Waals surface area contributed by atoms with Gasteiger partial charge in [0.1, 0.15) is 5.54 Å². The molecule has 0 radical (unpaired) electrons. The van der Waals surface area contributed by atoms with Crippen molar-refractivity contribution in [1.29, 1.82) is 0 Å². The number of fused-ring (bicyclic) bond motifs is 1. The summed E-state index contributed by atoms with van der Waals surface area (Å²) in [5.41, 5.74) is 5.59. The van der Waals surface area contributed by atoms with Crippen LogP contribution >= 0.6 is 0 Å². The molecule has 3 atom stereocenters. The molecule has 3 aliphatic rings. The van der Waals surface area contributed by atoms with E-state index < -0.39 is 5.54 Å². The first kappa shape index (κ1) is 15.3. The third-order valence-corrected chi connectivity index (χ3v) is 6.27. The largest absolute Gasteiger partial charge is 0.377 e. The highest BCUT2D eigenvalue weighted by molar-refractivity contribution is 5.89. The lowest BCUT2D eigenvalue weighted by Gasteiger charge is -2.60. The third-order valence-electron chi connectivity index (χ3n) is 6.27. The standard InChI is InChI=1S/C17H30N2O2/c1-16(2)14-13(10-11-21-14)17(16,18)15(20)19-12-8-6-4-3-5-7-9-12/h12-14H,3-11,18H2,1-2H3,(H,19,20). The lowest BCUT2D eigenvalue weighted by atomic mass is 9.48. The first-order valence-electron chi connectivity index (χ1n) is 8.69. The van der Waals surface area contributed by atoms with Gasteiger partial charge in [0.25, 0.3) is 0 Å². The number of carbonyl (C=O) groups is 1. The normalized spacial score (nSPS) is 39.8. The first-order valence-corrected chi connectivity index (χ1v) is 8.69. The number of ether oxygens (including phenoxy) is 1. The van der Waals surface area contributed by atoms with E-state index in [9.17, 15) is 4.79 Å². The molecule has 21 heavy (non-hydrogen) atoms. The molecule has 0 aromatic heterocycles. The van der Waals surface area contributed by atoms with Crippen molar-refractivity contribution in [2.75, 3.05) is 6.61 Å². The molecule has 0 aromatic rings. The Kier molecular flexibility index (Phi) is 4.04. The minimum absolute atomic E-state index is 0.0600. The van der Waals surface area contributed by atoms with Gasteiger partial charge in [0.2, 0.25) is 5.91 Å². The van der Waals surface area contributed by atoms with Gasteiger partial charge in [-0.1, -0.05) is 46.0 Å². The van der Waals surface area contributed by atoms with Crippen molar-refractivity contribution in [2.24, 2.45) is 17.1 Å². The van der Waals surface area contributed by atoms with Crippen LogP contribution in [-0.2, 0) is 9.53 Å². The highest BCUT2D eigenvalue weighted by Gasteiger charge is 2.71. The molecule has 4 heteroatoms. The van der Waals surface area contributed by atoms with Crippen LogP contribution in [0.4, 0.5) is 0 Å². The second-order valence-corrected chi connectivity index (χ2v) is 7.79. The molecule has 0 spiro atoms. The van der Waals surface area contributed by atoms with Gasteiger partial charge >= 0.3 is 0 Å². The maximum absolute atomic E-state index is 12.9. The monoisotopic (exact) mass is 294 g/mol. The summed E-state index contributed by atoms with van der Waals surface area (Å²) < 4.78 is 5.78. The topological polar surface area (TPSA) is 64.3 Å². The summed E-state index contributed by atoms with van der Waals surface area (Å²) in [5, 5.41) is 3.28. The number of carbonyl (C=O) groups excluding carboxylic acids is 1. The van der Waals surface area contributed by atoms with E-state index in [0.29, 0.717) is 6.04 Å². The van der Waals surface area contributed by atoms with E-state index in [2.05, 4.69) is 19.2 Å². The van der Waals surface area contributed by atoms with Crippen molar-refractivity contribution in [3.63, 3.8) is 0 Å². The maximum Gasteiger partial charge on any atom is 0.241 e. The second-order valence-electron chi connectivity index (χ2n) is 7.79. The molecular formula is C17H30N2O2. The van der Waals surface area contributed by atoms with Crippen LogP contribution in [-0.4, -0.2) is 30.2 Å². The van der Waals surface area contributed by atoms with Crippen LogP contribution in [0.1, 0.15) is 65.2 Å². The fraction of sp³-hybridized carbons (Fsp3) is 0.941. The summed E-state index contributed by atoms with van der Waals surface area (Å²) >= 11 is 0. The molecule has 1 amide bonds. The number of rotatable bonds is 2. The molecule has 1 heterocycles. The molecule has 1 aliphatic heterocycles. The van der Waals surface area contributed by atoms with Crippen molar-refractivity contribution in [3.05, 3.63) is 0 Å². The van der Waals surface area contributed by atoms with Crippen LogP contribution in [0.2, 0.25) is 0 Å². The molecule has 3 rings (SSSR count). The van der Waals surface area contributed by atoms with Crippen molar-refractivity contribution in [1.82, 2.24) is 5.32 Å². The first-order chi connectivity index (χ1) is 9.98. The van der Waals surface area contributed by atoms with Gasteiger partial charge in [-0.2, -0.15) is 0 Å². The van der Waals surface area contributed by atoms with Gasteiger partial charge in [-0.05, 0) is 19.3 Å². The van der Waals surface area contributed by atoms with Crippen LogP contribution in [0.25, 0.3) is 0 Å². The molecule has 0 aromatic carbocycles. The zero-order valence-corrected chi connectivity index (χ0v) is 13.5. The number of hydrogen-bond acceptors (Lipinski definition) is 3. The lowest BCUT2D eigenvalue weighted by Crippen LogP contribution is -2.80. The predicted molar refractivity (Wildman–Crippen MR) is 82.8 cm³/mol. The molecule has 2 aliphatic carbocycles. The van der Waals surface area contributed by atoms with Gasteiger partial charge in [0.15, 0.2) is 0 Å². The maximum atomic E-state index is 12.9. The van der Waals surface area contributed by atoms with Crippen LogP contribution in [0.3, 0.4) is 0 Å². The molecule has 120 valence electrons. The van der Waals surface area contributed by atoms with Crippen LogP contribution in [0.15, 0.2) is 0 Å². The smallest absolute Gasteiger partial charge is 0.241 e. The van der Waals surface area contributed by atoms with Crippen molar-refractivity contribution in [2.45, 2.75) is 82.9 Å². The van der Waals surface area contributed by atoms with Gasteiger partial charge in [-0.15, -0.1) is 0 Å². The summed E-state index contributed by atoms with van der Waals surface area (Å²) in [5.74, 6) is 0.255. The van der Waals surface area contributed by atoms with E-state index >= 15 is 0 Å². The molecule has 1 saturated heterocycles. The fourth-order valence-corrected chi connectivity index (χ4v) is 4.75. The molecular weight excluding hydrogens is 264 g/mol. The average Bonchev–Trinajstić information content (AvgIpc) is 2.88. The summed E-state index contributed by atoms with van der Waals surface area (Å²) in [6.07, 6.45) is 9.67. The average molecular weight is 294 g/mol. The van der Waals surface area contributed by atoms with E-state index in [-0.39, 0.29) is 23.3 Å². The summed E-state index contributed by atoms with van der Waals surface area (Å²) in [4.78, 5) is 12.9. The van der Waals surface area contributed by atoms with E-state index in [0.717, 1.165) is 25.9 Å². The van der Waals surface area contributed by atoms with Crippen LogP contribution in [0, 0.1) is 11.3 Å². The van der Waals surface area contributed by atoms with Gasteiger partial charge in [0.05, 0.1) is 6.10 Å². The Labute approximate surface area is 128 Å². The summed E-state index contributed by atoms with van der Waals surface area (Å²) in [7, 11) is 0. The van der Waals surface area contributed by atoms with E-state index in [1.807, 2.05) is 0 Å². The highest BCUT2D eigenvalue weighted by atomic mass is 16.5. The Hall–Kier alpha value is -0.610. The van der Waals surface area contributed by atoms with E-state index in [1.165, 1.54) is 32.1 Å². The van der Waals surface area contributed by atoms with Crippen LogP contribution in [0.5, 0.6) is 0 Å². The second kappa shape index (κ2) is 5.54. The Balaban J connectivity index is 1.66. The molecule has 3 unspecified atom stereocenters. The van der Waals surface area contributed by atoms with Crippen LogP contribution < -0.4 is 11.1 Å². The van der Waals surface area contributed by atoms with Gasteiger partial charge < -0.3 is 15.8 Å². The van der Waals surface area contributed by atoms with Crippen molar-refractivity contribution >= 4 is 5.91 Å². The summed E-state index contributed by atoms with van der Waals surface area (Å²) in [6, 6.07) is 0.315. The zero-order chi connectivity index (χ0) is 15.1. The fourth-order valence-electron chi connectivity index (χ4n) is 4.75. The SMILES string of the molecule is CC1(C)C2OCCC2C1(N)C(=O)NC1CCCCCCC1. The number of nitrogens with two attached hydrogens (primary N) is 1. The Morgan fingerprint density at radius 2 is 1.71 bits per heavy atom. The van der Waals surface area contributed by atoms with Gasteiger partial charge in [0, 0.05) is 24.0 Å². The molecule has 3 fully saturated rings. The van der Waals surface area contributed by atoms with E-state index in [4.69, 9.17) is 10.5 Å². The third kappa shape index (κ3) is 2.31. The number of amides is 1. The zero-order valence-electron chi connectivity index (χ0n) is 13.5. The van der Waals surface area contributed by atoms with Crippen molar-refractivity contribution in [3.8, 4) is 0 Å². The number of nitrogens with one attached hydrogen (secondary N) is 1. The predicted octanol–water partition coefficient (Wildman–Crippen LogP) is 2.36. The molecule has 4 nitrogen and oxygen atoms in total. The van der Waals surface area contributed by atoms with Gasteiger partial charge in [-0.3, -0.25) is 4.79 Å².